The maximum Gasteiger partial charge on any atom is 0.417 e. The van der Waals surface area contributed by atoms with Gasteiger partial charge in [0.05, 0.1) is 53.9 Å². The summed E-state index contributed by atoms with van der Waals surface area (Å²) in [4.78, 5) is 18.6. The smallest absolute Gasteiger partial charge is 0.417 e. The van der Waals surface area contributed by atoms with E-state index in [4.69, 9.17) is 16.3 Å². The van der Waals surface area contributed by atoms with Crippen molar-refractivity contribution < 1.29 is 22.7 Å². The molecule has 0 atom stereocenters. The van der Waals surface area contributed by atoms with E-state index in [2.05, 4.69) is 15.3 Å². The molecular weight excluding hydrogens is 435 g/mol. The summed E-state index contributed by atoms with van der Waals surface area (Å²) >= 11 is 5.91. The topological polar surface area (TPSA) is 73.1 Å². The predicted molar refractivity (Wildman–Crippen MR) is 105 cm³/mol. The third-order valence-electron chi connectivity index (χ3n) is 5.04. The molecule has 0 aliphatic carbocycles. The van der Waals surface area contributed by atoms with Gasteiger partial charge in [-0.1, -0.05) is 22.9 Å². The lowest BCUT2D eigenvalue weighted by Crippen LogP contribution is -2.37. The Morgan fingerprint density at radius 1 is 1.26 bits per heavy atom. The summed E-state index contributed by atoms with van der Waals surface area (Å²) in [5.41, 5.74) is 1.00. The zero-order valence-corrected chi connectivity index (χ0v) is 17.1. The van der Waals surface area contributed by atoms with Crippen molar-refractivity contribution in [3.8, 4) is 5.75 Å². The number of methoxy groups -OCH3 is 1. The van der Waals surface area contributed by atoms with Crippen LogP contribution in [0.15, 0.2) is 36.5 Å². The molecule has 3 aromatic rings. The first-order chi connectivity index (χ1) is 14.8. The number of fused-ring (bicyclic) bond motifs is 1. The first-order valence-electron chi connectivity index (χ1n) is 9.33. The predicted octanol–water partition coefficient (Wildman–Crippen LogP) is 3.60. The standard InChI is InChI=1S/C20H17ClF3N5O2/c1-31-13-6-5-12(25-9-13)10-29-17-7-8-28(11-16(17)26-27-29)19(30)14-3-2-4-15(18(14)21)20(22,23)24/h2-6,9H,7-8,10-11H2,1H3. The fourth-order valence-electron chi connectivity index (χ4n) is 3.43. The van der Waals surface area contributed by atoms with Crippen LogP contribution in [0.25, 0.3) is 0 Å². The van der Waals surface area contributed by atoms with Crippen LogP contribution in [-0.4, -0.2) is 44.4 Å². The molecule has 2 aromatic heterocycles. The van der Waals surface area contributed by atoms with Gasteiger partial charge in [0.25, 0.3) is 5.91 Å². The van der Waals surface area contributed by atoms with Crippen molar-refractivity contribution in [2.75, 3.05) is 13.7 Å². The van der Waals surface area contributed by atoms with Crippen LogP contribution in [0.4, 0.5) is 13.2 Å². The molecule has 0 N–H and O–H groups in total. The number of pyridine rings is 1. The third-order valence-corrected chi connectivity index (χ3v) is 5.45. The molecule has 0 bridgehead atoms. The number of benzene rings is 1. The van der Waals surface area contributed by atoms with Gasteiger partial charge >= 0.3 is 6.18 Å². The van der Waals surface area contributed by atoms with Crippen LogP contribution in [0.5, 0.6) is 5.75 Å². The number of amides is 1. The van der Waals surface area contributed by atoms with Gasteiger partial charge in [-0.2, -0.15) is 13.2 Å². The molecule has 0 radical (unpaired) electrons. The number of halogens is 4. The summed E-state index contributed by atoms with van der Waals surface area (Å²) in [6.07, 6.45) is -2.57. The lowest BCUT2D eigenvalue weighted by molar-refractivity contribution is -0.137. The van der Waals surface area contributed by atoms with Crippen LogP contribution in [0.2, 0.25) is 5.02 Å². The Hall–Kier alpha value is -3.14. The molecule has 0 unspecified atom stereocenters. The van der Waals surface area contributed by atoms with Crippen molar-refractivity contribution in [1.29, 1.82) is 0 Å². The minimum Gasteiger partial charge on any atom is -0.495 e. The van der Waals surface area contributed by atoms with Crippen molar-refractivity contribution >= 4 is 17.5 Å². The number of nitrogens with zero attached hydrogens (tertiary/aromatic N) is 5. The number of aromatic nitrogens is 4. The van der Waals surface area contributed by atoms with Crippen LogP contribution >= 0.6 is 11.6 Å². The van der Waals surface area contributed by atoms with Crippen LogP contribution in [0, 0.1) is 0 Å². The highest BCUT2D eigenvalue weighted by atomic mass is 35.5. The minimum atomic E-state index is -4.64. The summed E-state index contributed by atoms with van der Waals surface area (Å²) in [6.45, 7) is 0.846. The molecule has 0 saturated carbocycles. The SMILES string of the molecule is COc1ccc(Cn2nnc3c2CCN(C(=O)c2cccc(C(F)(F)F)c2Cl)C3)nc1. The molecule has 1 aliphatic rings. The Labute approximate surface area is 180 Å². The molecule has 1 aliphatic heterocycles. The Balaban J connectivity index is 1.52. The van der Waals surface area contributed by atoms with Gasteiger partial charge in [0.1, 0.15) is 11.4 Å². The van der Waals surface area contributed by atoms with Gasteiger partial charge in [-0.3, -0.25) is 9.78 Å². The number of rotatable bonds is 4. The van der Waals surface area contributed by atoms with E-state index < -0.39 is 22.7 Å². The van der Waals surface area contributed by atoms with E-state index in [1.165, 1.54) is 17.0 Å². The summed E-state index contributed by atoms with van der Waals surface area (Å²) in [7, 11) is 1.56. The summed E-state index contributed by atoms with van der Waals surface area (Å²) in [6, 6.07) is 6.94. The number of carbonyl (C=O) groups is 1. The molecule has 0 saturated heterocycles. The molecule has 3 heterocycles. The van der Waals surface area contributed by atoms with E-state index in [1.54, 1.807) is 24.1 Å². The van der Waals surface area contributed by atoms with Crippen molar-refractivity contribution in [1.82, 2.24) is 24.9 Å². The molecule has 31 heavy (non-hydrogen) atoms. The largest absolute Gasteiger partial charge is 0.495 e. The first kappa shape index (κ1) is 21.1. The number of carbonyl (C=O) groups excluding carboxylic acids is 1. The summed E-state index contributed by atoms with van der Waals surface area (Å²) < 4.78 is 46.1. The second-order valence-corrected chi connectivity index (χ2v) is 7.35. The van der Waals surface area contributed by atoms with Gasteiger partial charge in [-0.15, -0.1) is 5.10 Å². The normalized spacial score (nSPS) is 13.8. The maximum absolute atomic E-state index is 13.1. The van der Waals surface area contributed by atoms with Gasteiger partial charge in [0.2, 0.25) is 0 Å². The molecule has 7 nitrogen and oxygen atoms in total. The van der Waals surface area contributed by atoms with Gasteiger partial charge in [0.15, 0.2) is 0 Å². The quantitative estimate of drug-likeness (QED) is 0.606. The van der Waals surface area contributed by atoms with Crippen molar-refractivity contribution in [3.05, 3.63) is 69.8 Å². The Kier molecular flexibility index (Phi) is 5.57. The molecule has 11 heteroatoms. The molecule has 0 fully saturated rings. The second kappa shape index (κ2) is 8.18. The minimum absolute atomic E-state index is 0.136. The lowest BCUT2D eigenvalue weighted by Gasteiger charge is -2.27. The second-order valence-electron chi connectivity index (χ2n) is 6.97. The Morgan fingerprint density at radius 3 is 2.74 bits per heavy atom. The monoisotopic (exact) mass is 451 g/mol. The number of hydrogen-bond acceptors (Lipinski definition) is 5. The average Bonchev–Trinajstić information content (AvgIpc) is 3.15. The van der Waals surface area contributed by atoms with Crippen LogP contribution in [-0.2, 0) is 25.7 Å². The van der Waals surface area contributed by atoms with Gasteiger partial charge in [0, 0.05) is 13.0 Å². The Morgan fingerprint density at radius 2 is 2.06 bits per heavy atom. The zero-order chi connectivity index (χ0) is 22.2. The highest BCUT2D eigenvalue weighted by Crippen LogP contribution is 2.36. The van der Waals surface area contributed by atoms with Gasteiger partial charge in [-0.25, -0.2) is 4.68 Å². The van der Waals surface area contributed by atoms with Gasteiger partial charge in [-0.05, 0) is 24.3 Å². The lowest BCUT2D eigenvalue weighted by atomic mass is 10.1. The average molecular weight is 452 g/mol. The van der Waals surface area contributed by atoms with Crippen LogP contribution in [0.3, 0.4) is 0 Å². The Bertz CT molecular complexity index is 1110. The van der Waals surface area contributed by atoms with E-state index in [0.717, 1.165) is 17.5 Å². The molecule has 1 amide bonds. The molecule has 0 spiro atoms. The van der Waals surface area contributed by atoms with Crippen molar-refractivity contribution in [2.45, 2.75) is 25.7 Å². The van der Waals surface area contributed by atoms with E-state index in [9.17, 15) is 18.0 Å². The van der Waals surface area contributed by atoms with E-state index in [1.807, 2.05) is 6.07 Å². The maximum atomic E-state index is 13.1. The number of hydrogen-bond donors (Lipinski definition) is 0. The van der Waals surface area contributed by atoms with E-state index in [0.29, 0.717) is 31.0 Å². The fraction of sp³-hybridized carbons (Fsp3) is 0.300. The zero-order valence-electron chi connectivity index (χ0n) is 16.4. The van der Waals surface area contributed by atoms with Crippen molar-refractivity contribution in [2.24, 2.45) is 0 Å². The van der Waals surface area contributed by atoms with E-state index >= 15 is 0 Å². The number of alkyl halides is 3. The highest BCUT2D eigenvalue weighted by molar-refractivity contribution is 6.34. The molecule has 1 aromatic carbocycles. The van der Waals surface area contributed by atoms with Gasteiger partial charge < -0.3 is 9.64 Å². The third kappa shape index (κ3) is 4.20. The summed E-state index contributed by atoms with van der Waals surface area (Å²) in [5, 5.41) is 7.70. The summed E-state index contributed by atoms with van der Waals surface area (Å²) in [5.74, 6) is 0.0693. The molecular formula is C20H17ClF3N5O2. The number of ether oxygens (including phenoxy) is 1. The fourth-order valence-corrected chi connectivity index (χ4v) is 3.75. The van der Waals surface area contributed by atoms with Crippen LogP contribution < -0.4 is 4.74 Å². The van der Waals surface area contributed by atoms with Crippen LogP contribution in [0.1, 0.15) is 33.0 Å². The molecule has 162 valence electrons. The molecule has 4 rings (SSSR count). The first-order valence-corrected chi connectivity index (χ1v) is 9.71. The van der Waals surface area contributed by atoms with Crippen molar-refractivity contribution in [3.63, 3.8) is 0 Å². The highest BCUT2D eigenvalue weighted by Gasteiger charge is 2.36. The van der Waals surface area contributed by atoms with E-state index in [-0.39, 0.29) is 12.1 Å².